The zero-order chi connectivity index (χ0) is 19.7. The first-order valence-electron chi connectivity index (χ1n) is 9.36. The average molecular weight is 380 g/mol. The SMILES string of the molecule is C[C@H](c1nc2ccccc2c(=O)[nH]1)[NH+]1CCN(c2ccc([N+](=O)[O-])cc2)CC1. The number of quaternary nitrogens is 1. The van der Waals surface area contributed by atoms with Crippen LogP contribution in [0.2, 0.25) is 0 Å². The van der Waals surface area contributed by atoms with Crippen molar-refractivity contribution in [3.63, 3.8) is 0 Å². The van der Waals surface area contributed by atoms with Gasteiger partial charge < -0.3 is 14.8 Å². The van der Waals surface area contributed by atoms with E-state index >= 15 is 0 Å². The van der Waals surface area contributed by atoms with Crippen LogP contribution in [0.1, 0.15) is 18.8 Å². The molecule has 8 heteroatoms. The van der Waals surface area contributed by atoms with Gasteiger partial charge in [0.1, 0.15) is 6.04 Å². The minimum absolute atomic E-state index is 0.0799. The number of non-ortho nitro benzene ring substituents is 1. The summed E-state index contributed by atoms with van der Waals surface area (Å²) in [6, 6.07) is 14.1. The minimum atomic E-state index is -0.384. The molecule has 0 amide bonds. The fraction of sp³-hybridized carbons (Fsp3) is 0.300. The van der Waals surface area contributed by atoms with Crippen molar-refractivity contribution in [2.75, 3.05) is 31.1 Å². The summed E-state index contributed by atoms with van der Waals surface area (Å²) >= 11 is 0. The molecule has 2 aromatic carbocycles. The first kappa shape index (κ1) is 18.1. The predicted octanol–water partition coefficient (Wildman–Crippen LogP) is 1.30. The van der Waals surface area contributed by atoms with E-state index in [1.807, 2.05) is 18.2 Å². The highest BCUT2D eigenvalue weighted by atomic mass is 16.6. The second kappa shape index (κ2) is 7.40. The molecule has 0 bridgehead atoms. The number of hydrogen-bond donors (Lipinski definition) is 2. The van der Waals surface area contributed by atoms with Crippen LogP contribution >= 0.6 is 0 Å². The molecule has 1 fully saturated rings. The number of anilines is 1. The van der Waals surface area contributed by atoms with Crippen LogP contribution < -0.4 is 15.4 Å². The molecule has 4 rings (SSSR count). The fourth-order valence-corrected chi connectivity index (χ4v) is 3.77. The lowest BCUT2D eigenvalue weighted by molar-refractivity contribution is -0.930. The Balaban J connectivity index is 1.46. The van der Waals surface area contributed by atoms with Crippen LogP contribution in [-0.4, -0.2) is 41.1 Å². The van der Waals surface area contributed by atoms with Crippen molar-refractivity contribution in [3.05, 3.63) is 74.8 Å². The lowest BCUT2D eigenvalue weighted by Crippen LogP contribution is -3.14. The smallest absolute Gasteiger partial charge is 0.269 e. The second-order valence-electron chi connectivity index (χ2n) is 7.11. The van der Waals surface area contributed by atoms with Gasteiger partial charge in [-0.1, -0.05) is 12.1 Å². The maximum atomic E-state index is 12.3. The molecule has 0 unspecified atom stereocenters. The van der Waals surface area contributed by atoms with Crippen molar-refractivity contribution in [2.45, 2.75) is 13.0 Å². The van der Waals surface area contributed by atoms with E-state index in [1.54, 1.807) is 30.3 Å². The predicted molar refractivity (Wildman–Crippen MR) is 107 cm³/mol. The average Bonchev–Trinajstić information content (AvgIpc) is 2.73. The van der Waals surface area contributed by atoms with Crippen molar-refractivity contribution in [1.82, 2.24) is 9.97 Å². The first-order valence-corrected chi connectivity index (χ1v) is 9.36. The molecule has 2 N–H and O–H groups in total. The standard InChI is InChI=1S/C20H21N5O3/c1-14(19-21-18-5-3-2-4-17(18)20(26)22-19)23-10-12-24(13-11-23)15-6-8-16(9-7-15)25(27)28/h2-9,14H,10-13H2,1H3,(H,21,22,26)/p+1/t14-/m1/s1. The van der Waals surface area contributed by atoms with Crippen LogP contribution in [0.3, 0.4) is 0 Å². The summed E-state index contributed by atoms with van der Waals surface area (Å²) in [5, 5.41) is 11.4. The number of para-hydroxylation sites is 1. The van der Waals surface area contributed by atoms with E-state index in [4.69, 9.17) is 0 Å². The van der Waals surface area contributed by atoms with Gasteiger partial charge in [-0.05, 0) is 31.2 Å². The number of nitro benzene ring substituents is 1. The quantitative estimate of drug-likeness (QED) is 0.525. The van der Waals surface area contributed by atoms with E-state index in [9.17, 15) is 14.9 Å². The Bertz CT molecular complexity index is 1060. The molecular formula is C20H22N5O3+. The maximum absolute atomic E-state index is 12.3. The molecule has 1 aliphatic rings. The largest absolute Gasteiger partial charge is 0.360 e. The highest BCUT2D eigenvalue weighted by Gasteiger charge is 2.27. The number of aromatic nitrogens is 2. The highest BCUT2D eigenvalue weighted by molar-refractivity contribution is 5.77. The fourth-order valence-electron chi connectivity index (χ4n) is 3.77. The van der Waals surface area contributed by atoms with E-state index in [2.05, 4.69) is 21.8 Å². The molecule has 8 nitrogen and oxygen atoms in total. The number of aromatic amines is 1. The van der Waals surface area contributed by atoms with Crippen molar-refractivity contribution in [3.8, 4) is 0 Å². The van der Waals surface area contributed by atoms with Gasteiger partial charge in [0.05, 0.1) is 42.0 Å². The summed E-state index contributed by atoms with van der Waals surface area (Å²) in [5.41, 5.74) is 1.72. The van der Waals surface area contributed by atoms with E-state index in [0.29, 0.717) is 11.2 Å². The number of H-pyrrole nitrogens is 1. The zero-order valence-electron chi connectivity index (χ0n) is 15.6. The summed E-state index contributed by atoms with van der Waals surface area (Å²) in [6.45, 7) is 5.57. The summed E-state index contributed by atoms with van der Waals surface area (Å²) in [5.74, 6) is 0.711. The Labute approximate surface area is 161 Å². The zero-order valence-corrected chi connectivity index (χ0v) is 15.6. The monoisotopic (exact) mass is 380 g/mol. The third-order valence-corrected chi connectivity index (χ3v) is 5.49. The van der Waals surface area contributed by atoms with Gasteiger partial charge in [-0.2, -0.15) is 0 Å². The molecule has 144 valence electrons. The topological polar surface area (TPSA) is 96.6 Å². The number of piperazine rings is 1. The van der Waals surface area contributed by atoms with Crippen LogP contribution in [0, 0.1) is 10.1 Å². The third-order valence-electron chi connectivity index (χ3n) is 5.49. The molecule has 0 aliphatic carbocycles. The minimum Gasteiger partial charge on any atom is -0.360 e. The summed E-state index contributed by atoms with van der Waals surface area (Å²) in [4.78, 5) is 34.0. The molecule has 28 heavy (non-hydrogen) atoms. The van der Waals surface area contributed by atoms with Gasteiger partial charge in [0.2, 0.25) is 0 Å². The number of nitrogens with one attached hydrogen (secondary N) is 2. The van der Waals surface area contributed by atoms with Crippen molar-refractivity contribution in [2.24, 2.45) is 0 Å². The molecule has 3 aromatic rings. The number of hydrogen-bond acceptors (Lipinski definition) is 5. The van der Waals surface area contributed by atoms with Crippen LogP contribution in [0.25, 0.3) is 10.9 Å². The third kappa shape index (κ3) is 3.46. The molecule has 0 saturated carbocycles. The van der Waals surface area contributed by atoms with Gasteiger partial charge in [-0.3, -0.25) is 14.9 Å². The molecule has 0 spiro atoms. The van der Waals surface area contributed by atoms with E-state index < -0.39 is 0 Å². The number of rotatable bonds is 4. The summed E-state index contributed by atoms with van der Waals surface area (Å²) in [6.07, 6.45) is 0. The summed E-state index contributed by atoms with van der Waals surface area (Å²) < 4.78 is 0. The Morgan fingerprint density at radius 2 is 1.82 bits per heavy atom. The van der Waals surface area contributed by atoms with Crippen molar-refractivity contribution in [1.29, 1.82) is 0 Å². The van der Waals surface area contributed by atoms with E-state index in [-0.39, 0.29) is 22.2 Å². The second-order valence-corrected chi connectivity index (χ2v) is 7.11. The number of fused-ring (bicyclic) bond motifs is 1. The molecule has 0 radical (unpaired) electrons. The Hall–Kier alpha value is -3.26. The van der Waals surface area contributed by atoms with Gasteiger partial charge in [0, 0.05) is 17.8 Å². The molecule has 1 aromatic heterocycles. The van der Waals surface area contributed by atoms with Crippen molar-refractivity contribution < 1.29 is 9.82 Å². The number of nitro groups is 1. The van der Waals surface area contributed by atoms with Gasteiger partial charge in [0.25, 0.3) is 11.2 Å². The Kier molecular flexibility index (Phi) is 4.79. The number of nitrogens with zero attached hydrogens (tertiary/aromatic N) is 3. The molecule has 1 saturated heterocycles. The molecule has 2 heterocycles. The van der Waals surface area contributed by atoms with Gasteiger partial charge in [0.15, 0.2) is 5.82 Å². The summed E-state index contributed by atoms with van der Waals surface area (Å²) in [7, 11) is 0. The Morgan fingerprint density at radius 3 is 2.50 bits per heavy atom. The molecular weight excluding hydrogens is 358 g/mol. The van der Waals surface area contributed by atoms with Crippen LogP contribution in [0.4, 0.5) is 11.4 Å². The van der Waals surface area contributed by atoms with Crippen LogP contribution in [0.5, 0.6) is 0 Å². The maximum Gasteiger partial charge on any atom is 0.269 e. The molecule has 1 atom stereocenters. The van der Waals surface area contributed by atoms with Gasteiger partial charge >= 0.3 is 0 Å². The lowest BCUT2D eigenvalue weighted by Gasteiger charge is -2.36. The number of benzene rings is 2. The van der Waals surface area contributed by atoms with Gasteiger partial charge in [-0.15, -0.1) is 0 Å². The molecule has 1 aliphatic heterocycles. The van der Waals surface area contributed by atoms with E-state index in [1.165, 1.54) is 4.90 Å². The first-order chi connectivity index (χ1) is 13.5. The van der Waals surface area contributed by atoms with Crippen LogP contribution in [0.15, 0.2) is 53.3 Å². The van der Waals surface area contributed by atoms with Crippen molar-refractivity contribution >= 4 is 22.3 Å². The van der Waals surface area contributed by atoms with Gasteiger partial charge in [-0.25, -0.2) is 4.98 Å². The Morgan fingerprint density at radius 1 is 1.14 bits per heavy atom. The highest BCUT2D eigenvalue weighted by Crippen LogP contribution is 2.19. The van der Waals surface area contributed by atoms with E-state index in [0.717, 1.165) is 37.4 Å². The van der Waals surface area contributed by atoms with Crippen LogP contribution in [-0.2, 0) is 0 Å². The normalized spacial score (nSPS) is 16.2. The lowest BCUT2D eigenvalue weighted by atomic mass is 10.1.